The van der Waals surface area contributed by atoms with Crippen LogP contribution in [0.25, 0.3) is 10.7 Å². The van der Waals surface area contributed by atoms with Crippen LogP contribution in [0, 0.1) is 4.77 Å². The lowest BCUT2D eigenvalue weighted by atomic mass is 10.2. The molecule has 0 radical (unpaired) electrons. The maximum atomic E-state index is 13.0. The van der Waals surface area contributed by atoms with E-state index in [0.717, 1.165) is 49.8 Å². The highest BCUT2D eigenvalue weighted by atomic mass is 32.1. The second-order valence-corrected chi connectivity index (χ2v) is 8.25. The molecule has 0 spiro atoms. The smallest absolute Gasteiger partial charge is 0.242 e. The molecule has 1 N–H and O–H groups in total. The summed E-state index contributed by atoms with van der Waals surface area (Å²) in [4.78, 5) is 18.3. The molecular formula is C20H23N5OS2. The van der Waals surface area contributed by atoms with Crippen molar-refractivity contribution in [3.8, 4) is 10.7 Å². The van der Waals surface area contributed by atoms with Crippen molar-refractivity contribution in [2.45, 2.75) is 19.5 Å². The molecule has 0 saturated carbocycles. The van der Waals surface area contributed by atoms with Crippen LogP contribution in [0.5, 0.6) is 0 Å². The first-order chi connectivity index (χ1) is 13.7. The van der Waals surface area contributed by atoms with Crippen LogP contribution in [-0.4, -0.2) is 56.7 Å². The number of hydrogen-bond donors (Lipinski definition) is 1. The summed E-state index contributed by atoms with van der Waals surface area (Å²) in [7, 11) is 0. The number of nitrogens with zero attached hydrogens (tertiary/aromatic N) is 4. The molecule has 1 fully saturated rings. The summed E-state index contributed by atoms with van der Waals surface area (Å²) in [6.07, 6.45) is 0.979. The largest absolute Gasteiger partial charge is 0.340 e. The molecule has 6 nitrogen and oxygen atoms in total. The Morgan fingerprint density at radius 1 is 1.11 bits per heavy atom. The van der Waals surface area contributed by atoms with E-state index in [1.54, 1.807) is 15.9 Å². The number of hydrogen-bond acceptors (Lipinski definition) is 5. The van der Waals surface area contributed by atoms with Crippen LogP contribution in [-0.2, 0) is 17.9 Å². The summed E-state index contributed by atoms with van der Waals surface area (Å²) >= 11 is 6.95. The predicted molar refractivity (Wildman–Crippen MR) is 114 cm³/mol. The van der Waals surface area contributed by atoms with Crippen molar-refractivity contribution in [1.82, 2.24) is 24.6 Å². The first-order valence-electron chi connectivity index (χ1n) is 9.44. The van der Waals surface area contributed by atoms with E-state index in [9.17, 15) is 4.79 Å². The Kier molecular flexibility index (Phi) is 5.99. The lowest BCUT2D eigenvalue weighted by molar-refractivity contribution is -0.131. The van der Waals surface area contributed by atoms with Crippen molar-refractivity contribution in [2.24, 2.45) is 0 Å². The molecule has 1 saturated heterocycles. The third-order valence-electron chi connectivity index (χ3n) is 4.98. The Balaban J connectivity index is 1.40. The SMILES string of the molecule is O=C(Cn1c(-c2cccs2)n[nH]c1=S)N1CCCN(Cc2ccccc2)CC1. The van der Waals surface area contributed by atoms with Crippen LogP contribution in [0.15, 0.2) is 47.8 Å². The minimum atomic E-state index is 0.0943. The topological polar surface area (TPSA) is 57.2 Å². The number of aromatic nitrogens is 3. The Labute approximate surface area is 173 Å². The van der Waals surface area contributed by atoms with Crippen molar-refractivity contribution in [2.75, 3.05) is 26.2 Å². The van der Waals surface area contributed by atoms with E-state index in [2.05, 4.69) is 39.4 Å². The molecule has 4 rings (SSSR count). The van der Waals surface area contributed by atoms with Crippen LogP contribution >= 0.6 is 23.6 Å². The molecule has 146 valence electrons. The van der Waals surface area contributed by atoms with E-state index in [4.69, 9.17) is 12.2 Å². The molecule has 0 unspecified atom stereocenters. The van der Waals surface area contributed by atoms with Crippen molar-refractivity contribution in [3.05, 3.63) is 58.2 Å². The minimum absolute atomic E-state index is 0.0943. The first-order valence-corrected chi connectivity index (χ1v) is 10.7. The van der Waals surface area contributed by atoms with Gasteiger partial charge in [-0.2, -0.15) is 5.10 Å². The first kappa shape index (κ1) is 19.0. The maximum absolute atomic E-state index is 13.0. The van der Waals surface area contributed by atoms with E-state index in [1.165, 1.54) is 5.56 Å². The Bertz CT molecular complexity index is 964. The Hall–Kier alpha value is -2.29. The van der Waals surface area contributed by atoms with Gasteiger partial charge in [0.15, 0.2) is 10.6 Å². The van der Waals surface area contributed by atoms with Gasteiger partial charge >= 0.3 is 0 Å². The van der Waals surface area contributed by atoms with E-state index >= 15 is 0 Å². The number of carbonyl (C=O) groups is 1. The Morgan fingerprint density at radius 3 is 2.75 bits per heavy atom. The average Bonchev–Trinajstić information content (AvgIpc) is 3.29. The van der Waals surface area contributed by atoms with Gasteiger partial charge in [0.05, 0.1) is 4.88 Å². The molecule has 1 amide bonds. The fraction of sp³-hybridized carbons (Fsp3) is 0.350. The van der Waals surface area contributed by atoms with Crippen LogP contribution in [0.1, 0.15) is 12.0 Å². The van der Waals surface area contributed by atoms with Crippen molar-refractivity contribution >= 4 is 29.5 Å². The summed E-state index contributed by atoms with van der Waals surface area (Å²) < 4.78 is 2.29. The molecule has 2 aromatic heterocycles. The van der Waals surface area contributed by atoms with E-state index < -0.39 is 0 Å². The number of H-pyrrole nitrogens is 1. The molecular weight excluding hydrogens is 390 g/mol. The zero-order valence-electron chi connectivity index (χ0n) is 15.6. The molecule has 8 heteroatoms. The van der Waals surface area contributed by atoms with Gasteiger partial charge in [0.25, 0.3) is 0 Å². The van der Waals surface area contributed by atoms with Crippen molar-refractivity contribution in [3.63, 3.8) is 0 Å². The summed E-state index contributed by atoms with van der Waals surface area (Å²) in [6.45, 7) is 4.56. The van der Waals surface area contributed by atoms with Gasteiger partial charge in [-0.05, 0) is 35.6 Å². The van der Waals surface area contributed by atoms with Crippen LogP contribution in [0.4, 0.5) is 0 Å². The third-order valence-corrected chi connectivity index (χ3v) is 6.16. The van der Waals surface area contributed by atoms with E-state index in [0.29, 0.717) is 4.77 Å². The molecule has 0 aliphatic carbocycles. The maximum Gasteiger partial charge on any atom is 0.242 e. The summed E-state index contributed by atoms with van der Waals surface area (Å²) in [5, 5.41) is 9.13. The fourth-order valence-corrected chi connectivity index (χ4v) is 4.43. The number of thiophene rings is 1. The van der Waals surface area contributed by atoms with Gasteiger partial charge in [0.2, 0.25) is 5.91 Å². The van der Waals surface area contributed by atoms with E-state index in [-0.39, 0.29) is 12.5 Å². The van der Waals surface area contributed by atoms with Gasteiger partial charge in [-0.1, -0.05) is 36.4 Å². The number of benzene rings is 1. The van der Waals surface area contributed by atoms with Gasteiger partial charge in [-0.15, -0.1) is 11.3 Å². The molecule has 1 aliphatic heterocycles. The van der Waals surface area contributed by atoms with Crippen LogP contribution < -0.4 is 0 Å². The summed E-state index contributed by atoms with van der Waals surface area (Å²) in [6, 6.07) is 14.5. The molecule has 28 heavy (non-hydrogen) atoms. The Morgan fingerprint density at radius 2 is 1.96 bits per heavy atom. The third kappa shape index (κ3) is 4.40. The zero-order chi connectivity index (χ0) is 19.3. The second-order valence-electron chi connectivity index (χ2n) is 6.91. The number of aromatic amines is 1. The van der Waals surface area contributed by atoms with Gasteiger partial charge in [0, 0.05) is 32.7 Å². The molecule has 3 aromatic rings. The van der Waals surface area contributed by atoms with Crippen molar-refractivity contribution in [1.29, 1.82) is 0 Å². The zero-order valence-corrected chi connectivity index (χ0v) is 17.2. The van der Waals surface area contributed by atoms with Crippen LogP contribution in [0.3, 0.4) is 0 Å². The quantitative estimate of drug-likeness (QED) is 0.652. The second kappa shape index (κ2) is 8.81. The normalized spacial score (nSPS) is 15.5. The number of nitrogens with one attached hydrogen (secondary N) is 1. The highest BCUT2D eigenvalue weighted by Gasteiger charge is 2.21. The highest BCUT2D eigenvalue weighted by Crippen LogP contribution is 2.23. The molecule has 3 heterocycles. The minimum Gasteiger partial charge on any atom is -0.340 e. The standard InChI is InChI=1S/C20H23N5OS2/c26-18(15-25-19(21-22-20(25)27)17-8-4-13-28-17)24-10-5-9-23(11-12-24)14-16-6-2-1-3-7-16/h1-4,6-8,13H,5,9-12,14-15H2,(H,22,27). The number of carbonyl (C=O) groups excluding carboxylic acids is 1. The van der Waals surface area contributed by atoms with Gasteiger partial charge < -0.3 is 4.90 Å². The number of rotatable bonds is 5. The monoisotopic (exact) mass is 413 g/mol. The summed E-state index contributed by atoms with van der Waals surface area (Å²) in [5.41, 5.74) is 1.31. The molecule has 0 atom stereocenters. The van der Waals surface area contributed by atoms with Gasteiger partial charge in [0.1, 0.15) is 6.54 Å². The molecule has 1 aromatic carbocycles. The predicted octanol–water partition coefficient (Wildman–Crippen LogP) is 3.40. The lowest BCUT2D eigenvalue weighted by Gasteiger charge is -2.22. The van der Waals surface area contributed by atoms with Gasteiger partial charge in [-0.3, -0.25) is 19.4 Å². The van der Waals surface area contributed by atoms with Crippen molar-refractivity contribution < 1.29 is 4.79 Å². The average molecular weight is 414 g/mol. The molecule has 1 aliphatic rings. The lowest BCUT2D eigenvalue weighted by Crippen LogP contribution is -2.37. The van der Waals surface area contributed by atoms with Gasteiger partial charge in [-0.25, -0.2) is 0 Å². The van der Waals surface area contributed by atoms with E-state index in [1.807, 2.05) is 28.5 Å². The van der Waals surface area contributed by atoms with Crippen LogP contribution in [0.2, 0.25) is 0 Å². The molecule has 0 bridgehead atoms. The fourth-order valence-electron chi connectivity index (χ4n) is 3.51. The number of amides is 1. The summed E-state index contributed by atoms with van der Waals surface area (Å²) in [5.74, 6) is 0.825. The highest BCUT2D eigenvalue weighted by molar-refractivity contribution is 7.71.